The summed E-state index contributed by atoms with van der Waals surface area (Å²) in [4.78, 5) is 9.09. The number of rotatable bonds is 2. The van der Waals surface area contributed by atoms with Crippen molar-refractivity contribution in [2.24, 2.45) is 0 Å². The van der Waals surface area contributed by atoms with Crippen LogP contribution >= 0.6 is 11.3 Å². The molecule has 2 rings (SSSR count). The van der Waals surface area contributed by atoms with Crippen molar-refractivity contribution in [2.75, 3.05) is 0 Å². The average Bonchev–Trinajstić information content (AvgIpc) is 2.42. The van der Waals surface area contributed by atoms with Gasteiger partial charge >= 0.3 is 94.3 Å². The minimum absolute atomic E-state index is 1.38. The Morgan fingerprint density at radius 3 is 2.50 bits per heavy atom. The van der Waals surface area contributed by atoms with E-state index in [4.69, 9.17) is 0 Å². The Hall–Kier alpha value is -0.0213. The fourth-order valence-corrected chi connectivity index (χ4v) is 9.38. The van der Waals surface area contributed by atoms with Gasteiger partial charge in [0.05, 0.1) is 0 Å². The van der Waals surface area contributed by atoms with Crippen LogP contribution in [-0.2, 0) is 4.44 Å². The maximum atomic E-state index is 2.50. The van der Waals surface area contributed by atoms with Crippen LogP contribution in [0, 0.1) is 0 Å². The van der Waals surface area contributed by atoms with Crippen molar-refractivity contribution in [3.8, 4) is 0 Å². The van der Waals surface area contributed by atoms with E-state index in [2.05, 4.69) is 45.2 Å². The van der Waals surface area contributed by atoms with Gasteiger partial charge in [-0.1, -0.05) is 0 Å². The molecule has 0 unspecified atom stereocenters. The molecule has 1 heterocycles. The first-order chi connectivity index (χ1) is 6.54. The van der Waals surface area contributed by atoms with Crippen LogP contribution in [0.3, 0.4) is 0 Å². The molecule has 0 amide bonds. The van der Waals surface area contributed by atoms with Gasteiger partial charge in [-0.3, -0.25) is 0 Å². The normalized spacial score (nSPS) is 12.2. The van der Waals surface area contributed by atoms with Crippen LogP contribution < -0.4 is 0 Å². The van der Waals surface area contributed by atoms with Crippen molar-refractivity contribution < 1.29 is 0 Å². The molecule has 0 saturated heterocycles. The molecule has 0 spiro atoms. The predicted octanol–water partition coefficient (Wildman–Crippen LogP) is 4.32. The number of hydrogen-bond acceptors (Lipinski definition) is 1. The second-order valence-electron chi connectivity index (χ2n) is 4.99. The molecule has 0 nitrogen and oxygen atoms in total. The molecule has 0 N–H and O–H groups in total. The monoisotopic (exact) mass is 312 g/mol. The molecule has 2 heteroatoms. The van der Waals surface area contributed by atoms with Crippen molar-refractivity contribution in [3.63, 3.8) is 0 Å². The summed E-state index contributed by atoms with van der Waals surface area (Å²) in [5.41, 5.74) is 0. The molecular weight excluding hydrogens is 295 g/mol. The van der Waals surface area contributed by atoms with E-state index in [1.54, 1.807) is 4.88 Å². The zero-order valence-corrected chi connectivity index (χ0v) is 12.7. The molecule has 74 valence electrons. The summed E-state index contributed by atoms with van der Waals surface area (Å²) in [6.07, 6.45) is 0. The Bertz CT molecular complexity index is 404. The number of fused-ring (bicyclic) bond motifs is 1. The Morgan fingerprint density at radius 1 is 1.14 bits per heavy atom. The third kappa shape index (κ3) is 2.51. The minimum atomic E-state index is -1.64. The van der Waals surface area contributed by atoms with E-state index in [0.29, 0.717) is 0 Å². The van der Waals surface area contributed by atoms with Crippen molar-refractivity contribution in [1.82, 2.24) is 0 Å². The van der Waals surface area contributed by atoms with Gasteiger partial charge in [-0.05, 0) is 0 Å². The van der Waals surface area contributed by atoms with Crippen LogP contribution in [-0.4, -0.2) is 18.4 Å². The van der Waals surface area contributed by atoms with Gasteiger partial charge in [0.25, 0.3) is 0 Å². The van der Waals surface area contributed by atoms with Gasteiger partial charge in [0.2, 0.25) is 0 Å². The predicted molar refractivity (Wildman–Crippen MR) is 68.9 cm³/mol. The Kier molecular flexibility index (Phi) is 2.89. The van der Waals surface area contributed by atoms with E-state index < -0.39 is 18.4 Å². The number of hydrogen-bond donors (Lipinski definition) is 0. The van der Waals surface area contributed by atoms with E-state index >= 15 is 0 Å². The molecule has 1 aromatic heterocycles. The fourth-order valence-electron chi connectivity index (χ4n) is 1.65. The SMILES string of the molecule is [CH3][Sn]([CH3])([CH3])[CH2]c1cc2ccccc2s1. The molecule has 0 radical (unpaired) electrons. The molecule has 0 aliphatic carbocycles. The quantitative estimate of drug-likeness (QED) is 0.725. The van der Waals surface area contributed by atoms with Crippen LogP contribution in [0.1, 0.15) is 4.88 Å². The second kappa shape index (κ2) is 3.86. The van der Waals surface area contributed by atoms with E-state index in [9.17, 15) is 0 Å². The Labute approximate surface area is 93.8 Å². The van der Waals surface area contributed by atoms with Gasteiger partial charge in [0, 0.05) is 0 Å². The van der Waals surface area contributed by atoms with Crippen LogP contribution in [0.15, 0.2) is 30.3 Å². The molecular formula is C12H16SSn. The summed E-state index contributed by atoms with van der Waals surface area (Å²) in [5, 5.41) is 1.42. The van der Waals surface area contributed by atoms with Crippen molar-refractivity contribution >= 4 is 39.8 Å². The molecule has 14 heavy (non-hydrogen) atoms. The molecule has 0 fully saturated rings. The second-order valence-corrected chi connectivity index (χ2v) is 21.8. The van der Waals surface area contributed by atoms with Crippen LogP contribution in [0.4, 0.5) is 0 Å². The third-order valence-electron chi connectivity index (χ3n) is 2.18. The van der Waals surface area contributed by atoms with E-state index in [0.717, 1.165) is 0 Å². The molecule has 0 saturated carbocycles. The van der Waals surface area contributed by atoms with Gasteiger partial charge in [-0.25, -0.2) is 0 Å². The summed E-state index contributed by atoms with van der Waals surface area (Å²) < 4.78 is 2.83. The Balaban J connectivity index is 2.36. The van der Waals surface area contributed by atoms with Crippen LogP contribution in [0.25, 0.3) is 10.1 Å². The maximum absolute atomic E-state index is 2.50. The molecule has 0 bridgehead atoms. The van der Waals surface area contributed by atoms with E-state index in [1.807, 2.05) is 11.3 Å². The molecule has 2 aromatic rings. The van der Waals surface area contributed by atoms with E-state index in [-0.39, 0.29) is 0 Å². The van der Waals surface area contributed by atoms with Gasteiger partial charge < -0.3 is 0 Å². The average molecular weight is 311 g/mol. The zero-order chi connectivity index (χ0) is 10.2. The fraction of sp³-hybridized carbons (Fsp3) is 0.333. The molecule has 0 aliphatic rings. The first-order valence-corrected chi connectivity index (χ1v) is 16.4. The van der Waals surface area contributed by atoms with Crippen molar-refractivity contribution in [2.45, 2.75) is 19.3 Å². The van der Waals surface area contributed by atoms with Crippen LogP contribution in [0.2, 0.25) is 14.8 Å². The standard InChI is InChI=1S/C9H7S.3CH3.Sn/c1-7-6-8-4-2-3-5-9(8)10-7;;;;/h2-6H,1H2;3*1H3;. The van der Waals surface area contributed by atoms with Gasteiger partial charge in [0.1, 0.15) is 0 Å². The third-order valence-corrected chi connectivity index (χ3v) is 8.14. The summed E-state index contributed by atoms with van der Waals surface area (Å²) in [5.74, 6) is 0. The molecule has 0 aliphatic heterocycles. The number of thiophene rings is 1. The number of benzene rings is 1. The van der Waals surface area contributed by atoms with Gasteiger partial charge in [-0.15, -0.1) is 0 Å². The summed E-state index contributed by atoms with van der Waals surface area (Å²) in [6, 6.07) is 11.1. The van der Waals surface area contributed by atoms with Gasteiger partial charge in [-0.2, -0.15) is 0 Å². The topological polar surface area (TPSA) is 0 Å². The van der Waals surface area contributed by atoms with Crippen molar-refractivity contribution in [3.05, 3.63) is 35.2 Å². The summed E-state index contributed by atoms with van der Waals surface area (Å²) in [6.45, 7) is 0. The molecule has 1 aromatic carbocycles. The summed E-state index contributed by atoms with van der Waals surface area (Å²) >= 11 is 0.340. The first kappa shape index (κ1) is 10.5. The molecule has 0 atom stereocenters. The van der Waals surface area contributed by atoms with Crippen molar-refractivity contribution in [1.29, 1.82) is 0 Å². The van der Waals surface area contributed by atoms with E-state index in [1.165, 1.54) is 14.5 Å². The first-order valence-electron chi connectivity index (χ1n) is 5.02. The Morgan fingerprint density at radius 2 is 1.86 bits per heavy atom. The van der Waals surface area contributed by atoms with Crippen LogP contribution in [0.5, 0.6) is 0 Å². The summed E-state index contributed by atoms with van der Waals surface area (Å²) in [7, 11) is 0. The van der Waals surface area contributed by atoms with Gasteiger partial charge in [0.15, 0.2) is 0 Å². The zero-order valence-electron chi connectivity index (χ0n) is 9.00.